The predicted molar refractivity (Wildman–Crippen MR) is 94.3 cm³/mol. The molecule has 0 saturated heterocycles. The molecule has 1 unspecified atom stereocenters. The Balaban J connectivity index is 1.54. The van der Waals surface area contributed by atoms with Crippen molar-refractivity contribution in [2.24, 2.45) is 0 Å². The van der Waals surface area contributed by atoms with Crippen molar-refractivity contribution in [1.29, 1.82) is 0 Å². The second-order valence-corrected chi connectivity index (χ2v) is 5.98. The molecule has 2 amide bonds. The highest BCUT2D eigenvalue weighted by Crippen LogP contribution is 2.29. The smallest absolute Gasteiger partial charge is 0.313 e. The minimum atomic E-state index is -0.869. The molecule has 130 valence electrons. The molecule has 1 aromatic heterocycles. The molecule has 3 N–H and O–H groups in total. The van der Waals surface area contributed by atoms with Crippen LogP contribution < -0.4 is 15.5 Å². The molecule has 0 saturated carbocycles. The minimum absolute atomic E-state index is 0.0338. The molecule has 7 heteroatoms. The number of rotatable bonds is 4. The molecule has 7 nitrogen and oxygen atoms in total. The first-order valence-electron chi connectivity index (χ1n) is 8.06. The standard InChI is InChI=1S/C18H20N4O3/c1-22-8-6-12-9-13(4-5-15(12)22)16(23)11-20-17(24)18(25)21-14-3-2-7-19-10-14/h2-5,7,9-10,16,23H,6,8,11H2,1H3,(H,20,24)(H,21,25). The van der Waals surface area contributed by atoms with E-state index in [0.717, 1.165) is 24.2 Å². The molecule has 0 fully saturated rings. The van der Waals surface area contributed by atoms with E-state index in [4.69, 9.17) is 0 Å². The van der Waals surface area contributed by atoms with Gasteiger partial charge in [0.05, 0.1) is 18.0 Å². The Hall–Kier alpha value is -2.93. The lowest BCUT2D eigenvalue weighted by Gasteiger charge is -2.15. The number of nitrogens with zero attached hydrogens (tertiary/aromatic N) is 2. The highest BCUT2D eigenvalue weighted by molar-refractivity contribution is 6.39. The van der Waals surface area contributed by atoms with Crippen molar-refractivity contribution in [2.75, 3.05) is 30.4 Å². The number of aliphatic hydroxyl groups excluding tert-OH is 1. The maximum absolute atomic E-state index is 11.9. The third kappa shape index (κ3) is 3.95. The van der Waals surface area contributed by atoms with Gasteiger partial charge in [-0.05, 0) is 35.7 Å². The molecule has 3 rings (SSSR count). The van der Waals surface area contributed by atoms with Gasteiger partial charge in [0.15, 0.2) is 0 Å². The normalized spacial score (nSPS) is 13.9. The number of carbonyl (C=O) groups excluding carboxylic acids is 2. The molecule has 0 radical (unpaired) electrons. The summed E-state index contributed by atoms with van der Waals surface area (Å²) in [5, 5.41) is 15.2. The molecular weight excluding hydrogens is 320 g/mol. The quantitative estimate of drug-likeness (QED) is 0.718. The number of carbonyl (C=O) groups is 2. The lowest BCUT2D eigenvalue weighted by atomic mass is 10.0. The number of anilines is 2. The third-order valence-corrected chi connectivity index (χ3v) is 4.20. The predicted octanol–water partition coefficient (Wildman–Crippen LogP) is 0.862. The van der Waals surface area contributed by atoms with Crippen LogP contribution in [0.3, 0.4) is 0 Å². The first kappa shape index (κ1) is 16.9. The van der Waals surface area contributed by atoms with Gasteiger partial charge in [0.25, 0.3) is 0 Å². The molecular formula is C18H20N4O3. The van der Waals surface area contributed by atoms with E-state index in [-0.39, 0.29) is 6.54 Å². The van der Waals surface area contributed by atoms with Gasteiger partial charge in [0.1, 0.15) is 0 Å². The number of likely N-dealkylation sites (N-methyl/N-ethyl adjacent to an activating group) is 1. The van der Waals surface area contributed by atoms with Crippen LogP contribution in [0.4, 0.5) is 11.4 Å². The molecule has 1 aliphatic heterocycles. The van der Waals surface area contributed by atoms with E-state index in [2.05, 4.69) is 20.5 Å². The van der Waals surface area contributed by atoms with Crippen LogP contribution in [-0.4, -0.2) is 42.0 Å². The maximum atomic E-state index is 11.9. The summed E-state index contributed by atoms with van der Waals surface area (Å²) >= 11 is 0. The van der Waals surface area contributed by atoms with E-state index in [1.807, 2.05) is 25.2 Å². The number of aromatic nitrogens is 1. The lowest BCUT2D eigenvalue weighted by Crippen LogP contribution is -2.37. The van der Waals surface area contributed by atoms with Crippen molar-refractivity contribution in [3.8, 4) is 0 Å². The fourth-order valence-electron chi connectivity index (χ4n) is 2.81. The summed E-state index contributed by atoms with van der Waals surface area (Å²) in [6.45, 7) is 0.925. The molecule has 1 atom stereocenters. The number of pyridine rings is 1. The zero-order valence-electron chi connectivity index (χ0n) is 13.9. The Kier molecular flexibility index (Phi) is 4.95. The number of aliphatic hydroxyl groups is 1. The van der Waals surface area contributed by atoms with Crippen molar-refractivity contribution in [3.63, 3.8) is 0 Å². The summed E-state index contributed by atoms with van der Waals surface area (Å²) in [6, 6.07) is 9.05. The van der Waals surface area contributed by atoms with Gasteiger partial charge >= 0.3 is 11.8 Å². The lowest BCUT2D eigenvalue weighted by molar-refractivity contribution is -0.136. The summed E-state index contributed by atoms with van der Waals surface area (Å²) in [7, 11) is 2.03. The summed E-state index contributed by atoms with van der Waals surface area (Å²) in [5.41, 5.74) is 3.50. The van der Waals surface area contributed by atoms with Gasteiger partial charge in [-0.2, -0.15) is 0 Å². The molecule has 1 aliphatic rings. The van der Waals surface area contributed by atoms with Gasteiger partial charge < -0.3 is 20.6 Å². The third-order valence-electron chi connectivity index (χ3n) is 4.20. The molecule has 25 heavy (non-hydrogen) atoms. The van der Waals surface area contributed by atoms with Gasteiger partial charge in [-0.3, -0.25) is 14.6 Å². The second kappa shape index (κ2) is 7.31. The Morgan fingerprint density at radius 1 is 1.32 bits per heavy atom. The van der Waals surface area contributed by atoms with Gasteiger partial charge in [0.2, 0.25) is 0 Å². The van der Waals surface area contributed by atoms with Crippen LogP contribution in [0.15, 0.2) is 42.7 Å². The monoisotopic (exact) mass is 340 g/mol. The molecule has 2 heterocycles. The van der Waals surface area contributed by atoms with Crippen molar-refractivity contribution >= 4 is 23.2 Å². The van der Waals surface area contributed by atoms with Gasteiger partial charge in [0, 0.05) is 32.0 Å². The van der Waals surface area contributed by atoms with Crippen LogP contribution in [0.5, 0.6) is 0 Å². The highest BCUT2D eigenvalue weighted by Gasteiger charge is 2.19. The molecule has 0 spiro atoms. The number of benzene rings is 1. The van der Waals surface area contributed by atoms with Crippen LogP contribution in [-0.2, 0) is 16.0 Å². The Bertz CT molecular complexity index is 779. The van der Waals surface area contributed by atoms with E-state index in [0.29, 0.717) is 5.69 Å². The Labute approximate surface area is 145 Å². The largest absolute Gasteiger partial charge is 0.387 e. The molecule has 0 aliphatic carbocycles. The Morgan fingerprint density at radius 3 is 2.92 bits per heavy atom. The van der Waals surface area contributed by atoms with Crippen LogP contribution in [0.25, 0.3) is 0 Å². The van der Waals surface area contributed by atoms with Crippen LogP contribution >= 0.6 is 0 Å². The summed E-state index contributed by atoms with van der Waals surface area (Å²) in [6.07, 6.45) is 3.08. The van der Waals surface area contributed by atoms with Crippen molar-refractivity contribution in [1.82, 2.24) is 10.3 Å². The maximum Gasteiger partial charge on any atom is 0.313 e. The zero-order chi connectivity index (χ0) is 17.8. The highest BCUT2D eigenvalue weighted by atomic mass is 16.3. The zero-order valence-corrected chi connectivity index (χ0v) is 13.9. The number of hydrogen-bond donors (Lipinski definition) is 3. The average molecular weight is 340 g/mol. The average Bonchev–Trinajstić information content (AvgIpc) is 3.00. The fourth-order valence-corrected chi connectivity index (χ4v) is 2.81. The summed E-state index contributed by atoms with van der Waals surface area (Å²) in [5.74, 6) is -1.60. The van der Waals surface area contributed by atoms with Crippen molar-refractivity contribution in [3.05, 3.63) is 53.9 Å². The van der Waals surface area contributed by atoms with Crippen LogP contribution in [0.1, 0.15) is 17.2 Å². The van der Waals surface area contributed by atoms with Gasteiger partial charge in [-0.15, -0.1) is 0 Å². The summed E-state index contributed by atoms with van der Waals surface area (Å²) < 4.78 is 0. The van der Waals surface area contributed by atoms with E-state index in [1.165, 1.54) is 11.8 Å². The molecule has 0 bridgehead atoms. The van der Waals surface area contributed by atoms with Crippen molar-refractivity contribution < 1.29 is 14.7 Å². The summed E-state index contributed by atoms with van der Waals surface area (Å²) in [4.78, 5) is 29.7. The van der Waals surface area contributed by atoms with Crippen LogP contribution in [0.2, 0.25) is 0 Å². The van der Waals surface area contributed by atoms with E-state index >= 15 is 0 Å². The number of amides is 2. The van der Waals surface area contributed by atoms with Crippen LogP contribution in [0, 0.1) is 0 Å². The fraction of sp³-hybridized carbons (Fsp3) is 0.278. The topological polar surface area (TPSA) is 94.6 Å². The first-order valence-corrected chi connectivity index (χ1v) is 8.06. The molecule has 1 aromatic carbocycles. The second-order valence-electron chi connectivity index (χ2n) is 5.98. The number of fused-ring (bicyclic) bond motifs is 1. The number of hydrogen-bond acceptors (Lipinski definition) is 5. The Morgan fingerprint density at radius 2 is 2.16 bits per heavy atom. The van der Waals surface area contributed by atoms with E-state index in [9.17, 15) is 14.7 Å². The SMILES string of the molecule is CN1CCc2cc(C(O)CNC(=O)C(=O)Nc3cccnc3)ccc21. The van der Waals surface area contributed by atoms with Gasteiger partial charge in [-0.1, -0.05) is 12.1 Å². The number of nitrogens with one attached hydrogen (secondary N) is 2. The first-order chi connectivity index (χ1) is 12.0. The molecule has 2 aromatic rings. The van der Waals surface area contributed by atoms with Gasteiger partial charge in [-0.25, -0.2) is 0 Å². The van der Waals surface area contributed by atoms with E-state index in [1.54, 1.807) is 18.3 Å². The van der Waals surface area contributed by atoms with E-state index < -0.39 is 17.9 Å². The van der Waals surface area contributed by atoms with Crippen molar-refractivity contribution in [2.45, 2.75) is 12.5 Å². The minimum Gasteiger partial charge on any atom is -0.387 e.